The molecule has 0 radical (unpaired) electrons. The Kier molecular flexibility index (Phi) is 6.44. The Morgan fingerprint density at radius 2 is 1.86 bits per heavy atom. The van der Waals surface area contributed by atoms with Crippen LogP contribution >= 0.6 is 15.9 Å². The molecule has 0 aliphatic rings. The fourth-order valence-electron chi connectivity index (χ4n) is 2.37. The number of hydrogen-bond acceptors (Lipinski definition) is 3. The van der Waals surface area contributed by atoms with Crippen LogP contribution in [0.2, 0.25) is 0 Å². The van der Waals surface area contributed by atoms with Gasteiger partial charge in [-0.2, -0.15) is 5.10 Å². The Balaban J connectivity index is 2.79. The molecule has 0 saturated carbocycles. The van der Waals surface area contributed by atoms with Crippen molar-refractivity contribution >= 4 is 15.9 Å². The van der Waals surface area contributed by atoms with Gasteiger partial charge in [0, 0.05) is 17.5 Å². The van der Waals surface area contributed by atoms with Crippen molar-refractivity contribution in [1.82, 2.24) is 20.0 Å². The summed E-state index contributed by atoms with van der Waals surface area (Å²) in [6.07, 6.45) is 3.00. The summed E-state index contributed by atoms with van der Waals surface area (Å²) < 4.78 is 3.25. The van der Waals surface area contributed by atoms with Gasteiger partial charge in [0.2, 0.25) is 0 Å². The van der Waals surface area contributed by atoms with Gasteiger partial charge in [-0.1, -0.05) is 13.8 Å². The molecule has 0 unspecified atom stereocenters. The number of aromatic nitrogens is 2. The van der Waals surface area contributed by atoms with E-state index in [1.165, 1.54) is 5.69 Å². The molecule has 122 valence electrons. The van der Waals surface area contributed by atoms with E-state index in [4.69, 9.17) is 0 Å². The Hall–Kier alpha value is -0.390. The van der Waals surface area contributed by atoms with Crippen LogP contribution in [0.5, 0.6) is 0 Å². The Labute approximate surface area is 138 Å². The Morgan fingerprint density at radius 1 is 1.24 bits per heavy atom. The second kappa shape index (κ2) is 7.25. The topological polar surface area (TPSA) is 33.1 Å². The van der Waals surface area contributed by atoms with Gasteiger partial charge in [-0.3, -0.25) is 4.68 Å². The van der Waals surface area contributed by atoms with Crippen LogP contribution in [0.25, 0.3) is 0 Å². The van der Waals surface area contributed by atoms with Crippen LogP contribution in [0.15, 0.2) is 10.7 Å². The van der Waals surface area contributed by atoms with Crippen molar-refractivity contribution in [3.05, 3.63) is 16.4 Å². The largest absolute Gasteiger partial charge is 0.312 e. The second-order valence-electron chi connectivity index (χ2n) is 7.68. The first kappa shape index (κ1) is 18.7. The lowest BCUT2D eigenvalue weighted by atomic mass is 9.85. The van der Waals surface area contributed by atoms with Crippen molar-refractivity contribution in [3.63, 3.8) is 0 Å². The summed E-state index contributed by atoms with van der Waals surface area (Å²) in [6, 6.07) is 0. The number of nitrogens with one attached hydrogen (secondary N) is 1. The molecule has 5 heteroatoms. The quantitative estimate of drug-likeness (QED) is 0.811. The van der Waals surface area contributed by atoms with E-state index >= 15 is 0 Å². The van der Waals surface area contributed by atoms with Crippen molar-refractivity contribution in [2.24, 2.45) is 0 Å². The molecule has 1 N–H and O–H groups in total. The van der Waals surface area contributed by atoms with Gasteiger partial charge in [0.15, 0.2) is 0 Å². The standard InChI is InChI=1S/C16H31BrN4/c1-15(2,3)18-9-8-16(4,5)14-13(17)12-19-21(14)11-10-20(6)7/h12,18H,8-11H2,1-7H3. The Morgan fingerprint density at radius 3 is 2.38 bits per heavy atom. The lowest BCUT2D eigenvalue weighted by Crippen LogP contribution is -2.39. The first-order valence-electron chi connectivity index (χ1n) is 7.64. The normalized spacial score (nSPS) is 13.2. The van der Waals surface area contributed by atoms with Crippen molar-refractivity contribution < 1.29 is 0 Å². The van der Waals surface area contributed by atoms with Gasteiger partial charge < -0.3 is 10.2 Å². The lowest BCUT2D eigenvalue weighted by Gasteiger charge is -2.29. The molecular weight excluding hydrogens is 328 g/mol. The van der Waals surface area contributed by atoms with Crippen LogP contribution in [-0.2, 0) is 12.0 Å². The molecule has 0 aliphatic carbocycles. The second-order valence-corrected chi connectivity index (χ2v) is 8.53. The molecule has 0 atom stereocenters. The van der Waals surface area contributed by atoms with Crippen LogP contribution < -0.4 is 5.32 Å². The minimum Gasteiger partial charge on any atom is -0.312 e. The highest BCUT2D eigenvalue weighted by atomic mass is 79.9. The molecule has 21 heavy (non-hydrogen) atoms. The molecule has 0 aliphatic heterocycles. The summed E-state index contributed by atoms with van der Waals surface area (Å²) in [6.45, 7) is 14.1. The molecule has 0 fully saturated rings. The molecule has 0 spiro atoms. The fourth-order valence-corrected chi connectivity index (χ4v) is 3.20. The summed E-state index contributed by atoms with van der Waals surface area (Å²) in [5, 5.41) is 8.11. The molecule has 0 bridgehead atoms. The third-order valence-corrected chi connectivity index (χ3v) is 4.18. The van der Waals surface area contributed by atoms with Gasteiger partial charge in [0.05, 0.1) is 22.9 Å². The van der Waals surface area contributed by atoms with Crippen LogP contribution in [0.1, 0.15) is 46.7 Å². The number of rotatable bonds is 7. The van der Waals surface area contributed by atoms with Crippen LogP contribution in [-0.4, -0.2) is 47.4 Å². The van der Waals surface area contributed by atoms with E-state index in [1.54, 1.807) is 0 Å². The predicted octanol–water partition coefficient (Wildman–Crippen LogP) is 3.26. The highest BCUT2D eigenvalue weighted by Gasteiger charge is 2.28. The number of halogens is 1. The zero-order valence-electron chi connectivity index (χ0n) is 14.6. The number of likely N-dealkylation sites (N-methyl/N-ethyl adjacent to an activating group) is 1. The van der Waals surface area contributed by atoms with Gasteiger partial charge in [0.25, 0.3) is 0 Å². The van der Waals surface area contributed by atoms with Crippen LogP contribution in [0.3, 0.4) is 0 Å². The summed E-state index contributed by atoms with van der Waals surface area (Å²) in [4.78, 5) is 2.19. The van der Waals surface area contributed by atoms with E-state index in [-0.39, 0.29) is 11.0 Å². The predicted molar refractivity (Wildman–Crippen MR) is 93.9 cm³/mol. The van der Waals surface area contributed by atoms with Gasteiger partial charge in [-0.25, -0.2) is 0 Å². The number of nitrogens with zero attached hydrogens (tertiary/aromatic N) is 3. The maximum absolute atomic E-state index is 4.53. The van der Waals surface area contributed by atoms with E-state index in [9.17, 15) is 0 Å². The van der Waals surface area contributed by atoms with Crippen LogP contribution in [0, 0.1) is 0 Å². The maximum Gasteiger partial charge on any atom is 0.0635 e. The van der Waals surface area contributed by atoms with Crippen molar-refractivity contribution in [3.8, 4) is 0 Å². The minimum absolute atomic E-state index is 0.0832. The summed E-state index contributed by atoms with van der Waals surface area (Å²) in [5.41, 5.74) is 1.54. The van der Waals surface area contributed by atoms with Gasteiger partial charge >= 0.3 is 0 Å². The van der Waals surface area contributed by atoms with Crippen molar-refractivity contribution in [1.29, 1.82) is 0 Å². The number of hydrogen-bond donors (Lipinski definition) is 1. The smallest absolute Gasteiger partial charge is 0.0635 e. The minimum atomic E-state index is 0.0832. The first-order valence-corrected chi connectivity index (χ1v) is 8.44. The molecule has 4 nitrogen and oxygen atoms in total. The Bertz CT molecular complexity index is 444. The summed E-state index contributed by atoms with van der Waals surface area (Å²) >= 11 is 3.67. The molecule has 0 aromatic carbocycles. The SMILES string of the molecule is CN(C)CCn1ncc(Br)c1C(C)(C)CCNC(C)(C)C. The molecule has 1 aromatic heterocycles. The molecule has 1 heterocycles. The van der Waals surface area contributed by atoms with E-state index in [1.807, 2.05) is 6.20 Å². The van der Waals surface area contributed by atoms with E-state index in [0.29, 0.717) is 0 Å². The van der Waals surface area contributed by atoms with Crippen molar-refractivity contribution in [2.45, 2.75) is 58.5 Å². The average Bonchev–Trinajstić information content (AvgIpc) is 2.66. The van der Waals surface area contributed by atoms with Gasteiger partial charge in [0.1, 0.15) is 0 Å². The fraction of sp³-hybridized carbons (Fsp3) is 0.812. The highest BCUT2D eigenvalue weighted by molar-refractivity contribution is 9.10. The molecule has 0 saturated heterocycles. The third-order valence-electron chi connectivity index (χ3n) is 3.60. The van der Waals surface area contributed by atoms with E-state index in [0.717, 1.165) is 30.5 Å². The molecular formula is C16H31BrN4. The van der Waals surface area contributed by atoms with Gasteiger partial charge in [-0.05, 0) is 63.8 Å². The zero-order valence-corrected chi connectivity index (χ0v) is 16.2. The van der Waals surface area contributed by atoms with E-state index in [2.05, 4.69) is 84.6 Å². The van der Waals surface area contributed by atoms with E-state index < -0.39 is 0 Å². The monoisotopic (exact) mass is 358 g/mol. The first-order chi connectivity index (χ1) is 9.53. The van der Waals surface area contributed by atoms with Gasteiger partial charge in [-0.15, -0.1) is 0 Å². The average molecular weight is 359 g/mol. The maximum atomic E-state index is 4.53. The lowest BCUT2D eigenvalue weighted by molar-refractivity contribution is 0.339. The highest BCUT2D eigenvalue weighted by Crippen LogP contribution is 2.32. The van der Waals surface area contributed by atoms with Crippen LogP contribution in [0.4, 0.5) is 0 Å². The molecule has 0 amide bonds. The van der Waals surface area contributed by atoms with Crippen molar-refractivity contribution in [2.75, 3.05) is 27.2 Å². The molecule has 1 aromatic rings. The zero-order chi connectivity index (χ0) is 16.3. The summed E-state index contributed by atoms with van der Waals surface area (Å²) in [5.74, 6) is 0. The molecule has 1 rings (SSSR count). The third kappa shape index (κ3) is 6.09. The summed E-state index contributed by atoms with van der Waals surface area (Å²) in [7, 11) is 4.19.